The third-order valence-corrected chi connectivity index (χ3v) is 9.97. The number of carbonyl (C=O) groups is 2. The Morgan fingerprint density at radius 3 is 2.30 bits per heavy atom. The minimum absolute atomic E-state index is 0.0785. The van der Waals surface area contributed by atoms with Gasteiger partial charge in [-0.15, -0.1) is 5.10 Å². The number of benzene rings is 1. The Morgan fingerprint density at radius 2 is 1.70 bits per heavy atom. The number of amides is 2. The quantitative estimate of drug-likeness (QED) is 0.259. The molecule has 2 aliphatic heterocycles. The van der Waals surface area contributed by atoms with Crippen LogP contribution in [0.25, 0.3) is 0 Å². The summed E-state index contributed by atoms with van der Waals surface area (Å²) in [5.74, 6) is 1.52. The molecule has 3 aromatic heterocycles. The molecule has 15 nitrogen and oxygen atoms in total. The zero-order valence-electron chi connectivity index (χ0n) is 25.8. The van der Waals surface area contributed by atoms with Gasteiger partial charge in [0.2, 0.25) is 5.16 Å². The van der Waals surface area contributed by atoms with Crippen molar-refractivity contribution in [2.24, 2.45) is 14.1 Å². The average Bonchev–Trinajstić information content (AvgIpc) is 3.83. The molecule has 5 heterocycles. The Morgan fingerprint density at radius 1 is 0.957 bits per heavy atom. The van der Waals surface area contributed by atoms with Crippen molar-refractivity contribution in [1.29, 1.82) is 0 Å². The molecule has 1 N–H and O–H groups in total. The number of aromatic nitrogens is 8. The first-order valence-corrected chi connectivity index (χ1v) is 16.9. The number of aryl methyl sites for hydroxylation is 3. The van der Waals surface area contributed by atoms with Crippen LogP contribution in [-0.2, 0) is 20.5 Å². The highest BCUT2D eigenvalue weighted by atomic mass is 32.2. The maximum absolute atomic E-state index is 12.5. The average molecular weight is 671 g/mol. The van der Waals surface area contributed by atoms with Gasteiger partial charge < -0.3 is 29.0 Å². The number of tetrazole rings is 1. The van der Waals surface area contributed by atoms with Gasteiger partial charge in [-0.1, -0.05) is 35.7 Å². The summed E-state index contributed by atoms with van der Waals surface area (Å²) in [6.07, 6.45) is 11.8. The first-order chi connectivity index (χ1) is 22.3. The summed E-state index contributed by atoms with van der Waals surface area (Å²) in [5.41, 5.74) is 1.21. The topological polar surface area (TPSA) is 159 Å². The molecular formula is C29H38N10O5S2. The fraction of sp³-hybridized carbons (Fsp3) is 0.483. The van der Waals surface area contributed by atoms with Crippen molar-refractivity contribution in [2.45, 2.75) is 53.8 Å². The minimum atomic E-state index is -0.851. The van der Waals surface area contributed by atoms with Crippen LogP contribution < -0.4 is 9.57 Å². The Kier molecular flexibility index (Phi) is 11.8. The van der Waals surface area contributed by atoms with Crippen LogP contribution in [0.1, 0.15) is 31.2 Å². The summed E-state index contributed by atoms with van der Waals surface area (Å²) in [6.45, 7) is 2.41. The Bertz CT molecular complexity index is 1520. The van der Waals surface area contributed by atoms with Crippen molar-refractivity contribution in [2.75, 3.05) is 31.9 Å². The molecule has 4 aromatic rings. The van der Waals surface area contributed by atoms with Crippen LogP contribution in [0.3, 0.4) is 0 Å². The molecule has 246 valence electrons. The summed E-state index contributed by atoms with van der Waals surface area (Å²) in [6, 6.07) is 7.75. The van der Waals surface area contributed by atoms with Gasteiger partial charge in [-0.3, -0.25) is 0 Å². The third-order valence-electron chi connectivity index (χ3n) is 7.54. The van der Waals surface area contributed by atoms with E-state index in [1.807, 2.05) is 55.3 Å². The molecule has 2 fully saturated rings. The number of thioether (sulfide) groups is 2. The van der Waals surface area contributed by atoms with Gasteiger partial charge in [0.1, 0.15) is 18.2 Å². The number of rotatable bonds is 9. The molecule has 2 saturated heterocycles. The molecule has 0 radical (unpaired) electrons. The lowest BCUT2D eigenvalue weighted by molar-refractivity contribution is -0.000712. The second kappa shape index (κ2) is 16.4. The normalized spacial score (nSPS) is 15.7. The van der Waals surface area contributed by atoms with Gasteiger partial charge >= 0.3 is 12.2 Å². The standard InChI is InChI=1S/C20H25N7O2S2.C9H13N3O3/c1-25-13-10-21-18(25)30-14-9-15-3-5-16(6-4-15)29-20(28)27-11-7-17(8-12-27)31-19-22-23-24-26(19)2;13-9(14)11-4-1-8(2-5-11)15-12-6-3-10-7-12/h3-6,10,13,17H,7-9,11-12,14H2,1-2H3;3,6-8H,1-2,4-5H2,(H,13,14). The van der Waals surface area contributed by atoms with E-state index in [2.05, 4.69) is 25.5 Å². The van der Waals surface area contributed by atoms with Crippen LogP contribution in [0.15, 0.2) is 65.7 Å². The van der Waals surface area contributed by atoms with E-state index in [4.69, 9.17) is 14.7 Å². The lowest BCUT2D eigenvalue weighted by Crippen LogP contribution is -2.42. The van der Waals surface area contributed by atoms with Gasteiger partial charge in [0.05, 0.1) is 6.20 Å². The lowest BCUT2D eigenvalue weighted by Gasteiger charge is -2.30. The van der Waals surface area contributed by atoms with Crippen LogP contribution in [-0.4, -0.2) is 110 Å². The summed E-state index contributed by atoms with van der Waals surface area (Å²) < 4.78 is 10.8. The molecule has 0 aliphatic carbocycles. The Balaban J connectivity index is 0.000000232. The van der Waals surface area contributed by atoms with Crippen LogP contribution in [0, 0.1) is 0 Å². The van der Waals surface area contributed by atoms with Crippen molar-refractivity contribution in [3.05, 3.63) is 60.9 Å². The minimum Gasteiger partial charge on any atom is -0.465 e. The molecule has 0 atom stereocenters. The molecule has 0 saturated carbocycles. The van der Waals surface area contributed by atoms with Crippen molar-refractivity contribution in [3.63, 3.8) is 0 Å². The van der Waals surface area contributed by atoms with E-state index in [1.165, 1.54) is 10.5 Å². The molecule has 0 spiro atoms. The molecule has 17 heteroatoms. The number of imidazole rings is 2. The molecule has 0 bridgehead atoms. The van der Waals surface area contributed by atoms with E-state index in [0.717, 1.165) is 48.2 Å². The Labute approximate surface area is 275 Å². The van der Waals surface area contributed by atoms with E-state index in [9.17, 15) is 9.59 Å². The van der Waals surface area contributed by atoms with E-state index in [0.29, 0.717) is 37.2 Å². The molecule has 6 rings (SSSR count). The van der Waals surface area contributed by atoms with Gasteiger partial charge in [-0.25, -0.2) is 24.2 Å². The first-order valence-electron chi connectivity index (χ1n) is 15.0. The smallest absolute Gasteiger partial charge is 0.415 e. The second-order valence-electron chi connectivity index (χ2n) is 10.8. The summed E-state index contributed by atoms with van der Waals surface area (Å²) in [4.78, 5) is 40.1. The number of ether oxygens (including phenoxy) is 1. The van der Waals surface area contributed by atoms with Crippen molar-refractivity contribution in [3.8, 4) is 5.75 Å². The summed E-state index contributed by atoms with van der Waals surface area (Å²) >= 11 is 3.39. The third kappa shape index (κ3) is 9.62. The number of piperidine rings is 2. The van der Waals surface area contributed by atoms with Crippen LogP contribution in [0.2, 0.25) is 0 Å². The van der Waals surface area contributed by atoms with Gasteiger partial charge in [0.15, 0.2) is 5.16 Å². The van der Waals surface area contributed by atoms with E-state index < -0.39 is 6.09 Å². The largest absolute Gasteiger partial charge is 0.465 e. The number of carboxylic acid groups (broad SMARTS) is 1. The molecule has 1 aromatic carbocycles. The van der Waals surface area contributed by atoms with Gasteiger partial charge in [-0.2, -0.15) is 4.73 Å². The fourth-order valence-electron chi connectivity index (χ4n) is 4.90. The maximum Gasteiger partial charge on any atom is 0.415 e. The number of likely N-dealkylation sites (tertiary alicyclic amines) is 2. The van der Waals surface area contributed by atoms with Crippen LogP contribution in [0.4, 0.5) is 9.59 Å². The zero-order valence-corrected chi connectivity index (χ0v) is 27.4. The SMILES string of the molecule is Cn1ccnc1SCCc1ccc(OC(=O)N2CCC(Sc3nnnn3C)CC2)cc1.O=C(O)N1CCC(On2ccnc2)CC1. The van der Waals surface area contributed by atoms with Crippen LogP contribution >= 0.6 is 23.5 Å². The highest BCUT2D eigenvalue weighted by Crippen LogP contribution is 2.28. The molecule has 2 amide bonds. The van der Waals surface area contributed by atoms with E-state index in [-0.39, 0.29) is 12.2 Å². The van der Waals surface area contributed by atoms with Gasteiger partial charge in [-0.05, 0) is 47.4 Å². The molecule has 0 unspecified atom stereocenters. The molecular weight excluding hydrogens is 633 g/mol. The highest BCUT2D eigenvalue weighted by molar-refractivity contribution is 7.99. The van der Waals surface area contributed by atoms with E-state index in [1.54, 1.807) is 56.6 Å². The summed E-state index contributed by atoms with van der Waals surface area (Å²) in [7, 11) is 3.83. The second-order valence-corrected chi connectivity index (χ2v) is 13.1. The van der Waals surface area contributed by atoms with Gasteiger partial charge in [0.25, 0.3) is 0 Å². The predicted molar refractivity (Wildman–Crippen MR) is 171 cm³/mol. The molecule has 2 aliphatic rings. The van der Waals surface area contributed by atoms with E-state index >= 15 is 0 Å². The lowest BCUT2D eigenvalue weighted by atomic mass is 10.1. The number of hydrogen-bond donors (Lipinski definition) is 1. The van der Waals surface area contributed by atoms with Crippen LogP contribution in [0.5, 0.6) is 5.75 Å². The van der Waals surface area contributed by atoms with Gasteiger partial charge in [0, 0.05) is 82.7 Å². The summed E-state index contributed by atoms with van der Waals surface area (Å²) in [5, 5.41) is 22.5. The fourth-order valence-corrected chi connectivity index (χ4v) is 6.84. The molecule has 46 heavy (non-hydrogen) atoms. The van der Waals surface area contributed by atoms with Crippen molar-refractivity contribution >= 4 is 35.7 Å². The first kappa shape index (κ1) is 33.1. The predicted octanol–water partition coefficient (Wildman–Crippen LogP) is 3.49. The monoisotopic (exact) mass is 670 g/mol. The van der Waals surface area contributed by atoms with Crippen molar-refractivity contribution in [1.82, 2.24) is 49.3 Å². The van der Waals surface area contributed by atoms with Crippen molar-refractivity contribution < 1.29 is 24.3 Å². The number of hydrogen-bond acceptors (Lipinski definition) is 11. The highest BCUT2D eigenvalue weighted by Gasteiger charge is 2.26. The maximum atomic E-state index is 12.5. The number of carbonyl (C=O) groups excluding carboxylic acids is 1. The Hall–Kier alpha value is -4.25. The number of nitrogens with zero attached hydrogens (tertiary/aromatic N) is 10. The zero-order chi connectivity index (χ0) is 32.3.